The fraction of sp³-hybridized carbons (Fsp3) is 0.0159. The first-order valence-corrected chi connectivity index (χ1v) is 22.5. The van der Waals surface area contributed by atoms with E-state index in [1.54, 1.807) is 0 Å². The van der Waals surface area contributed by atoms with Crippen LogP contribution < -0.4 is 4.90 Å². The molecule has 11 aromatic carbocycles. The van der Waals surface area contributed by atoms with Crippen molar-refractivity contribution in [2.45, 2.75) is 5.41 Å². The summed E-state index contributed by atoms with van der Waals surface area (Å²) >= 11 is 0. The predicted molar refractivity (Wildman–Crippen MR) is 272 cm³/mol. The summed E-state index contributed by atoms with van der Waals surface area (Å²) in [7, 11) is 0. The Morgan fingerprint density at radius 2 is 0.831 bits per heavy atom. The van der Waals surface area contributed by atoms with Crippen LogP contribution in [0.15, 0.2) is 255 Å². The van der Waals surface area contributed by atoms with Gasteiger partial charge in [-0.3, -0.25) is 0 Å². The van der Waals surface area contributed by atoms with E-state index >= 15 is 0 Å². The summed E-state index contributed by atoms with van der Waals surface area (Å²) in [6, 6.07) is 93.8. The number of rotatable bonds is 8. The van der Waals surface area contributed by atoms with Crippen molar-refractivity contribution in [2.75, 3.05) is 4.90 Å². The molecule has 304 valence electrons. The number of aromatic nitrogens is 1. The molecule has 12 aromatic rings. The van der Waals surface area contributed by atoms with Crippen LogP contribution in [0.1, 0.15) is 22.3 Å². The Morgan fingerprint density at radius 3 is 1.51 bits per heavy atom. The van der Waals surface area contributed by atoms with E-state index in [1.807, 2.05) is 0 Å². The third kappa shape index (κ3) is 5.74. The Labute approximate surface area is 378 Å². The normalized spacial score (nSPS) is 12.7. The summed E-state index contributed by atoms with van der Waals surface area (Å²) in [4.78, 5) is 2.42. The molecule has 0 fully saturated rings. The maximum atomic E-state index is 2.45. The first kappa shape index (κ1) is 37.1. The van der Waals surface area contributed by atoms with Gasteiger partial charge in [0.1, 0.15) is 0 Å². The minimum absolute atomic E-state index is 0.506. The molecule has 65 heavy (non-hydrogen) atoms. The van der Waals surface area contributed by atoms with Crippen molar-refractivity contribution in [2.24, 2.45) is 0 Å². The van der Waals surface area contributed by atoms with E-state index < -0.39 is 5.41 Å². The molecule has 1 aromatic heterocycles. The highest BCUT2D eigenvalue weighted by atomic mass is 15.1. The zero-order valence-corrected chi connectivity index (χ0v) is 35.6. The van der Waals surface area contributed by atoms with Gasteiger partial charge in [0, 0.05) is 33.5 Å². The molecular formula is C63H42N2. The molecule has 0 saturated carbocycles. The molecule has 0 saturated heterocycles. The quantitative estimate of drug-likeness (QED) is 0.139. The van der Waals surface area contributed by atoms with Crippen LogP contribution in [-0.2, 0) is 5.41 Å². The van der Waals surface area contributed by atoms with E-state index in [2.05, 4.69) is 264 Å². The molecule has 0 radical (unpaired) electrons. The number of nitrogens with zero attached hydrogens (tertiary/aromatic N) is 2. The van der Waals surface area contributed by atoms with Crippen LogP contribution in [0.2, 0.25) is 0 Å². The minimum atomic E-state index is -0.506. The Hall–Kier alpha value is -8.46. The highest BCUT2D eigenvalue weighted by molar-refractivity contribution is 6.25. The number of anilines is 3. The average Bonchev–Trinajstić information content (AvgIpc) is 3.88. The number of benzene rings is 11. The Kier molecular flexibility index (Phi) is 8.47. The van der Waals surface area contributed by atoms with E-state index in [4.69, 9.17) is 0 Å². The lowest BCUT2D eigenvalue weighted by Gasteiger charge is -2.35. The second-order valence-electron chi connectivity index (χ2n) is 17.3. The molecule has 0 aliphatic heterocycles. The van der Waals surface area contributed by atoms with Crippen molar-refractivity contribution in [1.82, 2.24) is 4.57 Å². The number of para-hydroxylation sites is 1. The fourth-order valence-electron chi connectivity index (χ4n) is 11.0. The van der Waals surface area contributed by atoms with Crippen LogP contribution in [0.4, 0.5) is 17.1 Å². The van der Waals surface area contributed by atoms with Gasteiger partial charge in [-0.1, -0.05) is 188 Å². The van der Waals surface area contributed by atoms with Gasteiger partial charge in [0.15, 0.2) is 0 Å². The zero-order valence-electron chi connectivity index (χ0n) is 35.6. The lowest BCUT2D eigenvalue weighted by molar-refractivity contribution is 0.768. The van der Waals surface area contributed by atoms with Gasteiger partial charge in [-0.25, -0.2) is 0 Å². The standard InChI is InChI=1S/C63H42N2/c1-5-16-43(17-6-1)44-30-34-52(35-31-44)64(54-38-39-56-55-25-13-14-26-57(55)63(58(56)42-54,49-19-7-2-8-20-49)50-21-9-3-10-22-50)53-36-32-45(33-37-53)48-40-47-29-28-46-18-15-27-59-61(46)62(47)60(41-48)65(59)51-23-11-4-12-24-51/h1-42H. The van der Waals surface area contributed by atoms with Gasteiger partial charge in [0.2, 0.25) is 0 Å². The molecule has 0 N–H and O–H groups in total. The molecule has 13 rings (SSSR count). The van der Waals surface area contributed by atoms with E-state index in [9.17, 15) is 0 Å². The van der Waals surface area contributed by atoms with Gasteiger partial charge >= 0.3 is 0 Å². The van der Waals surface area contributed by atoms with Crippen molar-refractivity contribution in [3.8, 4) is 39.1 Å². The summed E-state index contributed by atoms with van der Waals surface area (Å²) in [6.45, 7) is 0. The summed E-state index contributed by atoms with van der Waals surface area (Å²) in [6.07, 6.45) is 0. The Bertz CT molecular complexity index is 3630. The maximum absolute atomic E-state index is 2.45. The second-order valence-corrected chi connectivity index (χ2v) is 17.3. The zero-order chi connectivity index (χ0) is 42.9. The van der Waals surface area contributed by atoms with Gasteiger partial charge in [0.05, 0.1) is 16.4 Å². The molecule has 0 amide bonds. The van der Waals surface area contributed by atoms with Crippen molar-refractivity contribution in [3.63, 3.8) is 0 Å². The molecule has 1 aliphatic carbocycles. The minimum Gasteiger partial charge on any atom is -0.310 e. The molecular weight excluding hydrogens is 785 g/mol. The van der Waals surface area contributed by atoms with Gasteiger partial charge in [-0.15, -0.1) is 0 Å². The monoisotopic (exact) mass is 826 g/mol. The highest BCUT2D eigenvalue weighted by Crippen LogP contribution is 2.57. The third-order valence-corrected chi connectivity index (χ3v) is 13.8. The van der Waals surface area contributed by atoms with Gasteiger partial charge in [-0.05, 0) is 133 Å². The molecule has 2 heteroatoms. The van der Waals surface area contributed by atoms with Gasteiger partial charge in [0.25, 0.3) is 0 Å². The van der Waals surface area contributed by atoms with Crippen molar-refractivity contribution in [3.05, 3.63) is 277 Å². The van der Waals surface area contributed by atoms with Crippen LogP contribution in [0.25, 0.3) is 71.6 Å². The highest BCUT2D eigenvalue weighted by Gasteiger charge is 2.46. The molecule has 1 aliphatic rings. The van der Waals surface area contributed by atoms with Crippen LogP contribution in [0, 0.1) is 0 Å². The lowest BCUT2D eigenvalue weighted by Crippen LogP contribution is -2.28. The molecule has 0 bridgehead atoms. The van der Waals surface area contributed by atoms with Crippen molar-refractivity contribution in [1.29, 1.82) is 0 Å². The predicted octanol–water partition coefficient (Wildman–Crippen LogP) is 16.5. The van der Waals surface area contributed by atoms with Gasteiger partial charge < -0.3 is 9.47 Å². The average molecular weight is 827 g/mol. The van der Waals surface area contributed by atoms with Crippen molar-refractivity contribution < 1.29 is 0 Å². The Morgan fingerprint density at radius 1 is 0.308 bits per heavy atom. The van der Waals surface area contributed by atoms with Crippen molar-refractivity contribution >= 4 is 49.6 Å². The van der Waals surface area contributed by atoms with Crippen LogP contribution in [0.3, 0.4) is 0 Å². The summed E-state index contributed by atoms with van der Waals surface area (Å²) in [5.41, 5.74) is 18.8. The molecule has 0 unspecified atom stereocenters. The number of hydrogen-bond donors (Lipinski definition) is 0. The first-order valence-electron chi connectivity index (χ1n) is 22.5. The number of hydrogen-bond acceptors (Lipinski definition) is 1. The largest absolute Gasteiger partial charge is 0.310 e. The SMILES string of the molecule is c1ccc(-c2ccc(N(c3ccc(-c4cc5ccc6cccc7c6c5c(c4)n7-c4ccccc4)cc3)c3ccc4c(c3)C(c3ccccc3)(c3ccccc3)c3ccccc3-4)cc2)cc1. The van der Waals surface area contributed by atoms with E-state index in [-0.39, 0.29) is 0 Å². The summed E-state index contributed by atoms with van der Waals surface area (Å²) in [5.74, 6) is 0. The molecule has 1 heterocycles. The molecule has 0 atom stereocenters. The topological polar surface area (TPSA) is 8.17 Å². The summed E-state index contributed by atoms with van der Waals surface area (Å²) < 4.78 is 2.43. The van der Waals surface area contributed by atoms with E-state index in [0.717, 1.165) is 17.1 Å². The maximum Gasteiger partial charge on any atom is 0.0714 e. The van der Waals surface area contributed by atoms with Crippen LogP contribution >= 0.6 is 0 Å². The molecule has 2 nitrogen and oxygen atoms in total. The second kappa shape index (κ2) is 14.8. The lowest BCUT2D eigenvalue weighted by atomic mass is 9.67. The smallest absolute Gasteiger partial charge is 0.0714 e. The fourth-order valence-corrected chi connectivity index (χ4v) is 11.0. The summed E-state index contributed by atoms with van der Waals surface area (Å²) in [5, 5.41) is 5.15. The van der Waals surface area contributed by atoms with E-state index in [0.29, 0.717) is 0 Å². The Balaban J connectivity index is 0.988. The van der Waals surface area contributed by atoms with Gasteiger partial charge in [-0.2, -0.15) is 0 Å². The van der Waals surface area contributed by atoms with Crippen LogP contribution in [0.5, 0.6) is 0 Å². The third-order valence-electron chi connectivity index (χ3n) is 13.8. The van der Waals surface area contributed by atoms with E-state index in [1.165, 1.54) is 93.9 Å². The van der Waals surface area contributed by atoms with Crippen LogP contribution in [-0.4, -0.2) is 4.57 Å². The first-order chi connectivity index (χ1) is 32.2. The molecule has 0 spiro atoms. The number of fused-ring (bicyclic) bond motifs is 3.